The molecular weight excluding hydrogens is 525 g/mol. The zero-order valence-corrected chi connectivity index (χ0v) is 23.2. The van der Waals surface area contributed by atoms with Crippen LogP contribution in [0.5, 0.6) is 0 Å². The molecule has 0 aliphatic carbocycles. The summed E-state index contributed by atoms with van der Waals surface area (Å²) in [6, 6.07) is 10.5. The number of pyridine rings is 1. The quantitative estimate of drug-likeness (QED) is 0.317. The predicted molar refractivity (Wildman–Crippen MR) is 149 cm³/mol. The minimum atomic E-state index is -3.33. The number of sulfonamides is 1. The molecule has 202 valence electrons. The van der Waals surface area contributed by atoms with Crippen molar-refractivity contribution in [3.63, 3.8) is 0 Å². The second kappa shape index (κ2) is 11.1. The van der Waals surface area contributed by atoms with E-state index in [2.05, 4.69) is 28.5 Å². The van der Waals surface area contributed by atoms with Crippen LogP contribution in [0.4, 0.5) is 15.3 Å². The van der Waals surface area contributed by atoms with E-state index in [1.807, 2.05) is 18.5 Å². The Hall–Kier alpha value is -2.86. The van der Waals surface area contributed by atoms with Gasteiger partial charge < -0.3 is 10.0 Å². The predicted octanol–water partition coefficient (Wildman–Crippen LogP) is 4.82. The van der Waals surface area contributed by atoms with E-state index in [0.29, 0.717) is 13.1 Å². The summed E-state index contributed by atoms with van der Waals surface area (Å²) in [5.41, 5.74) is 4.64. The second-order valence-corrected chi connectivity index (χ2v) is 12.5. The van der Waals surface area contributed by atoms with Crippen molar-refractivity contribution >= 4 is 38.0 Å². The number of piperidine rings is 1. The molecule has 5 rings (SSSR count). The van der Waals surface area contributed by atoms with Crippen molar-refractivity contribution in [3.8, 4) is 11.3 Å². The Morgan fingerprint density at radius 1 is 1.13 bits per heavy atom. The molecule has 1 saturated heterocycles. The number of hydrogen-bond donors (Lipinski definition) is 1. The molecule has 1 N–H and O–H groups in total. The molecule has 0 spiro atoms. The average Bonchev–Trinajstić information content (AvgIpc) is 3.57. The number of aromatic nitrogens is 3. The van der Waals surface area contributed by atoms with Gasteiger partial charge in [0.1, 0.15) is 17.3 Å². The first-order valence-electron chi connectivity index (χ1n) is 12.9. The SMILES string of the molecule is CCc1nc2ccc(C3CCN(S(=O)(=O)CCCO)CC3)cn2c1N(C)c1nc(-c2ccc(F)cc2)cs1. The molecule has 0 radical (unpaired) electrons. The summed E-state index contributed by atoms with van der Waals surface area (Å²) < 4.78 is 42.1. The topological polar surface area (TPSA) is 91.0 Å². The van der Waals surface area contributed by atoms with Crippen LogP contribution in [0.3, 0.4) is 0 Å². The minimum absolute atomic E-state index is 0.00964. The molecule has 4 heterocycles. The van der Waals surface area contributed by atoms with Gasteiger partial charge in [-0.2, -0.15) is 0 Å². The fourth-order valence-electron chi connectivity index (χ4n) is 5.04. The molecule has 1 aliphatic rings. The van der Waals surface area contributed by atoms with Crippen molar-refractivity contribution in [2.45, 2.75) is 38.5 Å². The van der Waals surface area contributed by atoms with Crippen molar-refractivity contribution in [1.82, 2.24) is 18.7 Å². The maximum atomic E-state index is 13.4. The Kier molecular flexibility index (Phi) is 7.80. The molecule has 11 heteroatoms. The van der Waals surface area contributed by atoms with E-state index < -0.39 is 10.0 Å². The third-order valence-electron chi connectivity index (χ3n) is 7.14. The van der Waals surface area contributed by atoms with Gasteiger partial charge in [-0.05, 0) is 67.5 Å². The van der Waals surface area contributed by atoms with Gasteiger partial charge >= 0.3 is 0 Å². The van der Waals surface area contributed by atoms with Gasteiger partial charge in [-0.1, -0.05) is 13.0 Å². The zero-order valence-electron chi connectivity index (χ0n) is 21.5. The lowest BCUT2D eigenvalue weighted by molar-refractivity contribution is 0.290. The van der Waals surface area contributed by atoms with Gasteiger partial charge in [-0.3, -0.25) is 4.40 Å². The molecule has 0 atom stereocenters. The molecule has 1 aromatic carbocycles. The molecule has 0 saturated carbocycles. The highest BCUT2D eigenvalue weighted by Crippen LogP contribution is 2.35. The van der Waals surface area contributed by atoms with Crippen LogP contribution in [0.2, 0.25) is 0 Å². The summed E-state index contributed by atoms with van der Waals surface area (Å²) in [5, 5.41) is 11.8. The van der Waals surface area contributed by atoms with Gasteiger partial charge in [-0.15, -0.1) is 11.3 Å². The van der Waals surface area contributed by atoms with E-state index in [1.165, 1.54) is 23.5 Å². The molecular formula is C27H32FN5O3S2. The van der Waals surface area contributed by atoms with Gasteiger partial charge in [0.2, 0.25) is 10.0 Å². The van der Waals surface area contributed by atoms with Crippen LogP contribution in [0.1, 0.15) is 43.4 Å². The lowest BCUT2D eigenvalue weighted by Crippen LogP contribution is -2.39. The maximum Gasteiger partial charge on any atom is 0.214 e. The van der Waals surface area contributed by atoms with Crippen LogP contribution in [0, 0.1) is 5.82 Å². The Balaban J connectivity index is 1.40. The highest BCUT2D eigenvalue weighted by Gasteiger charge is 2.29. The van der Waals surface area contributed by atoms with E-state index in [4.69, 9.17) is 15.1 Å². The molecule has 8 nitrogen and oxygen atoms in total. The van der Waals surface area contributed by atoms with Crippen LogP contribution in [0.25, 0.3) is 16.9 Å². The monoisotopic (exact) mass is 557 g/mol. The molecule has 1 aliphatic heterocycles. The van der Waals surface area contributed by atoms with Crippen molar-refractivity contribution in [2.24, 2.45) is 0 Å². The van der Waals surface area contributed by atoms with Crippen LogP contribution in [0.15, 0.2) is 48.0 Å². The molecule has 38 heavy (non-hydrogen) atoms. The summed E-state index contributed by atoms with van der Waals surface area (Å²) in [6.45, 7) is 2.93. The molecule has 0 bridgehead atoms. The maximum absolute atomic E-state index is 13.4. The van der Waals surface area contributed by atoms with E-state index in [0.717, 1.165) is 58.4 Å². The summed E-state index contributed by atoms with van der Waals surface area (Å²) in [7, 11) is -1.34. The third-order valence-corrected chi connectivity index (χ3v) is 10.0. The first kappa shape index (κ1) is 26.7. The number of hydrogen-bond acceptors (Lipinski definition) is 7. The van der Waals surface area contributed by atoms with Crippen LogP contribution < -0.4 is 4.90 Å². The summed E-state index contributed by atoms with van der Waals surface area (Å²) in [6.07, 6.45) is 4.65. The molecule has 1 fully saturated rings. The zero-order chi connectivity index (χ0) is 26.9. The number of benzene rings is 1. The highest BCUT2D eigenvalue weighted by atomic mass is 32.2. The smallest absolute Gasteiger partial charge is 0.214 e. The first-order valence-corrected chi connectivity index (χ1v) is 15.3. The van der Waals surface area contributed by atoms with E-state index in [-0.39, 0.29) is 30.5 Å². The van der Waals surface area contributed by atoms with E-state index in [9.17, 15) is 12.8 Å². The fourth-order valence-corrected chi connectivity index (χ4v) is 7.36. The number of imidazole rings is 1. The van der Waals surface area contributed by atoms with Gasteiger partial charge in [0, 0.05) is 43.9 Å². The Bertz CT molecular complexity index is 1510. The van der Waals surface area contributed by atoms with Crippen LogP contribution in [-0.2, 0) is 16.4 Å². The third kappa shape index (κ3) is 5.33. The highest BCUT2D eigenvalue weighted by molar-refractivity contribution is 7.89. The number of anilines is 2. The van der Waals surface area contributed by atoms with Crippen LogP contribution in [-0.4, -0.2) is 64.7 Å². The number of rotatable bonds is 9. The molecule has 0 unspecified atom stereocenters. The van der Waals surface area contributed by atoms with Gasteiger partial charge in [0.05, 0.1) is 17.1 Å². The van der Waals surface area contributed by atoms with Crippen LogP contribution >= 0.6 is 11.3 Å². The number of fused-ring (bicyclic) bond motifs is 1. The van der Waals surface area contributed by atoms with Crippen molar-refractivity contribution in [1.29, 1.82) is 0 Å². The number of aliphatic hydroxyl groups is 1. The lowest BCUT2D eigenvalue weighted by Gasteiger charge is -2.31. The molecule has 4 aromatic rings. The van der Waals surface area contributed by atoms with Gasteiger partial charge in [-0.25, -0.2) is 27.1 Å². The van der Waals surface area contributed by atoms with E-state index in [1.54, 1.807) is 16.4 Å². The second-order valence-electron chi connectivity index (χ2n) is 9.57. The summed E-state index contributed by atoms with van der Waals surface area (Å²) in [4.78, 5) is 11.7. The van der Waals surface area contributed by atoms with Crippen molar-refractivity contribution in [2.75, 3.05) is 37.4 Å². The number of aryl methyl sites for hydroxylation is 1. The van der Waals surface area contributed by atoms with Gasteiger partial charge in [0.15, 0.2) is 5.13 Å². The summed E-state index contributed by atoms with van der Waals surface area (Å²) >= 11 is 1.52. The lowest BCUT2D eigenvalue weighted by atomic mass is 9.91. The Labute approximate surface area is 226 Å². The number of thiazole rings is 1. The standard InChI is InChI=1S/C27H32FN5O3S2/c1-3-23-26(31(2)27-30-24(18-37-27)20-5-8-22(28)9-6-20)33-17-21(7-10-25(33)29-23)19-11-13-32(14-12-19)38(35,36)16-4-15-34/h5-10,17-19,34H,3-4,11-16H2,1-2H3. The van der Waals surface area contributed by atoms with Crippen molar-refractivity contribution in [3.05, 3.63) is 65.0 Å². The molecule has 3 aromatic heterocycles. The number of nitrogens with zero attached hydrogens (tertiary/aromatic N) is 5. The van der Waals surface area contributed by atoms with Gasteiger partial charge in [0.25, 0.3) is 0 Å². The number of halogens is 1. The average molecular weight is 558 g/mol. The first-order chi connectivity index (χ1) is 18.3. The summed E-state index contributed by atoms with van der Waals surface area (Å²) in [5.74, 6) is 0.918. The fraction of sp³-hybridized carbons (Fsp3) is 0.407. The normalized spacial score (nSPS) is 15.4. The molecule has 0 amide bonds. The number of aliphatic hydroxyl groups excluding tert-OH is 1. The largest absolute Gasteiger partial charge is 0.396 e. The van der Waals surface area contributed by atoms with Crippen molar-refractivity contribution < 1.29 is 17.9 Å². The minimum Gasteiger partial charge on any atom is -0.396 e. The van der Waals surface area contributed by atoms with E-state index >= 15 is 0 Å². The Morgan fingerprint density at radius 3 is 2.55 bits per heavy atom. The Morgan fingerprint density at radius 2 is 1.87 bits per heavy atom.